The van der Waals surface area contributed by atoms with Crippen LogP contribution >= 0.6 is 7.60 Å². The van der Waals surface area contributed by atoms with Gasteiger partial charge in [0.25, 0.3) is 0 Å². The van der Waals surface area contributed by atoms with E-state index >= 15 is 0 Å². The average Bonchev–Trinajstić information content (AvgIpc) is 0.810. The molecule has 0 bridgehead atoms. The van der Waals surface area contributed by atoms with Gasteiger partial charge in [0.1, 0.15) is 60.7 Å². The molecule has 1 fully saturated rings. The van der Waals surface area contributed by atoms with Gasteiger partial charge in [0.2, 0.25) is 53.2 Å². The van der Waals surface area contributed by atoms with Crippen molar-refractivity contribution in [1.82, 2.24) is 47.9 Å². The summed E-state index contributed by atoms with van der Waals surface area (Å²) in [5.41, 5.74) is -2.24. The number of aliphatic hydroxyl groups is 9. The molecule has 0 aromatic rings. The van der Waals surface area contributed by atoms with E-state index in [1.807, 2.05) is 0 Å². The van der Waals surface area contributed by atoms with Gasteiger partial charge in [0.15, 0.2) is 18.9 Å². The predicted molar refractivity (Wildman–Crippen MR) is 385 cm³/mol. The fourth-order valence-corrected chi connectivity index (χ4v) is 12.0. The Bertz CT molecular complexity index is 2590. The maximum absolute atomic E-state index is 14.4. The zero-order chi connectivity index (χ0) is 80.0. The first kappa shape index (κ1) is 98.8. The molecule has 0 aliphatic carbocycles. The Morgan fingerprint density at radius 1 is 0.500 bits per heavy atom. The zero-order valence-corrected chi connectivity index (χ0v) is 64.7. The van der Waals surface area contributed by atoms with Gasteiger partial charge in [0.05, 0.1) is 56.4 Å². The molecule has 12 unspecified atom stereocenters. The van der Waals surface area contributed by atoms with Gasteiger partial charge in [0, 0.05) is 92.6 Å². The smallest absolute Gasteiger partial charge is 0.325 e. The molecule has 16 atom stereocenters. The van der Waals surface area contributed by atoms with Gasteiger partial charge in [-0.15, -0.1) is 0 Å². The summed E-state index contributed by atoms with van der Waals surface area (Å²) in [6, 6.07) is -5.41. The highest BCUT2D eigenvalue weighted by molar-refractivity contribution is 7.51. The van der Waals surface area contributed by atoms with Crippen LogP contribution in [0.2, 0.25) is 0 Å². The van der Waals surface area contributed by atoms with Crippen molar-refractivity contribution in [3.63, 3.8) is 0 Å². The van der Waals surface area contributed by atoms with Gasteiger partial charge in [-0.2, -0.15) is 0 Å². The predicted octanol–water partition coefficient (Wildman–Crippen LogP) is -1.45. The van der Waals surface area contributed by atoms with E-state index in [0.29, 0.717) is 103 Å². The van der Waals surface area contributed by atoms with Gasteiger partial charge >= 0.3 is 7.60 Å². The lowest BCUT2D eigenvalue weighted by molar-refractivity contribution is -0.270. The third kappa shape index (κ3) is 42.7. The molecule has 1 aliphatic rings. The van der Waals surface area contributed by atoms with E-state index < -0.39 is 179 Å². The van der Waals surface area contributed by atoms with Crippen molar-refractivity contribution in [2.24, 2.45) is 0 Å². The highest BCUT2D eigenvalue weighted by Gasteiger charge is 2.46. The topological polar surface area (TPSA) is 546 Å². The Morgan fingerprint density at radius 2 is 0.925 bits per heavy atom. The minimum atomic E-state index is -3.90. The van der Waals surface area contributed by atoms with E-state index in [1.54, 1.807) is 27.7 Å². The van der Waals surface area contributed by atoms with Crippen LogP contribution in [0.1, 0.15) is 204 Å². The molecule has 0 aromatic carbocycles. The van der Waals surface area contributed by atoms with Gasteiger partial charge in [-0.3, -0.25) is 47.7 Å². The van der Waals surface area contributed by atoms with E-state index in [1.165, 1.54) is 34.6 Å². The summed E-state index contributed by atoms with van der Waals surface area (Å²) in [4.78, 5) is 126. The van der Waals surface area contributed by atoms with Crippen LogP contribution in [0.25, 0.3) is 0 Å². The number of unbranched alkanes of at least 4 members (excludes halogenated alkanes) is 10. The van der Waals surface area contributed by atoms with Gasteiger partial charge < -0.3 is 132 Å². The van der Waals surface area contributed by atoms with Crippen molar-refractivity contribution in [3.05, 3.63) is 0 Å². The number of nitrogens with one attached hydrogen (secondary N) is 9. The zero-order valence-electron chi connectivity index (χ0n) is 63.9. The number of rotatable bonds is 61. The molecule has 37 heteroatoms. The van der Waals surface area contributed by atoms with Crippen LogP contribution in [0, 0.1) is 0 Å². The molecular weight excluding hydrogens is 1420 g/mol. The normalized spacial score (nSPS) is 19.6. The second-order valence-corrected chi connectivity index (χ2v) is 29.7. The lowest BCUT2D eigenvalue weighted by Gasteiger charge is -2.42. The number of ether oxygens (including phenoxy) is 6. The minimum absolute atomic E-state index is 0.0226. The second kappa shape index (κ2) is 54.4. The quantitative estimate of drug-likeness (QED) is 0.0188. The maximum Gasteiger partial charge on any atom is 0.325 e. The first-order valence-electron chi connectivity index (χ1n) is 37.1. The Labute approximate surface area is 623 Å². The first-order valence-corrected chi connectivity index (χ1v) is 39.1. The summed E-state index contributed by atoms with van der Waals surface area (Å²) in [5.74, 6) is -3.94. The number of carbonyl (C=O) groups is 9. The van der Waals surface area contributed by atoms with Crippen molar-refractivity contribution in [1.29, 1.82) is 0 Å². The number of aliphatic hydroxyl groups excluding tert-OH is 9. The number of hydrogen-bond acceptors (Lipinski definition) is 26. The first-order chi connectivity index (χ1) is 50.0. The molecule has 106 heavy (non-hydrogen) atoms. The summed E-state index contributed by atoms with van der Waals surface area (Å²) in [6.45, 7) is 12.1. The molecule has 9 amide bonds. The third-order valence-electron chi connectivity index (χ3n) is 17.6. The summed E-state index contributed by atoms with van der Waals surface area (Å²) in [7, 11) is -3.90. The van der Waals surface area contributed by atoms with Gasteiger partial charge in [-0.25, -0.2) is 0 Å². The Morgan fingerprint density at radius 3 is 1.35 bits per heavy atom. The summed E-state index contributed by atoms with van der Waals surface area (Å²) < 4.78 is 51.8. The van der Waals surface area contributed by atoms with Crippen LogP contribution in [0.3, 0.4) is 0 Å². The fourth-order valence-electron chi connectivity index (χ4n) is 11.0. The molecule has 0 radical (unpaired) electrons. The van der Waals surface area contributed by atoms with E-state index in [0.717, 1.165) is 6.66 Å². The van der Waals surface area contributed by atoms with Gasteiger partial charge in [-0.1, -0.05) is 25.7 Å². The molecule has 1 rings (SSSR count). The van der Waals surface area contributed by atoms with E-state index in [9.17, 15) is 98.6 Å². The number of hydrogen-bond donors (Lipinski definition) is 19. The van der Waals surface area contributed by atoms with Crippen molar-refractivity contribution in [3.8, 4) is 0 Å². The summed E-state index contributed by atoms with van der Waals surface area (Å²) in [6.07, 6.45) is -4.60. The molecule has 1 saturated heterocycles. The molecule has 618 valence electrons. The van der Waals surface area contributed by atoms with Crippen LogP contribution in [-0.4, -0.2) is 286 Å². The molecule has 0 spiro atoms. The minimum Gasteiger partial charge on any atom is -0.394 e. The molecule has 0 saturated carbocycles. The number of carbonyl (C=O) groups excluding carboxylic acids is 9. The molecule has 1 heterocycles. The van der Waals surface area contributed by atoms with Gasteiger partial charge in [-0.05, 0) is 131 Å². The Balaban J connectivity index is 3.23. The molecule has 36 nitrogen and oxygen atoms in total. The Kier molecular flexibility index (Phi) is 50.7. The second-order valence-electron chi connectivity index (χ2n) is 27.9. The monoisotopic (exact) mass is 1550 g/mol. The molecule has 1 aliphatic heterocycles. The Hall–Kier alpha value is -5.22. The number of amides is 9. The standard InChI is InChI=1S/C69H130N9O27P/c1-44(84)53(41-81)102-65(51(39-79)73-46(3)86)99-36-24-12-16-29-56(89)70-33-22-19-27-49(63(95)72-35-21-11-15-32-59(92)78-68(6,7)69(8,9)105-106(10,97)98)77-64(96)50(76-58(91)31-18-14-25-37-100-66(52(40-80)74-47(4)87)103-54(42-82)45(2)85)28-20-23-34-71-57(90)30-17-13-26-38-101-67-60(75-48(5)88)62(94)61(93)55(43-83)104-67/h44-45,49-55,60-62,65-67,79-85,93-94H,11-43H2,1-10H3,(H,70,89)(H,71,90)(H,72,95)(H,73,86)(H,74,87)(H,75,88)(H,76,91)(H,77,96)(H,78,92)(H,97,98)/t44-,45-,49?,50?,51+,52+,53?,54?,55?,60?,61?,62?,65?,66?,67?/m1/s1. The average molecular weight is 1550 g/mol. The molecular formula is C69H130N9O27P. The van der Waals surface area contributed by atoms with Crippen LogP contribution in [0.5, 0.6) is 0 Å². The highest BCUT2D eigenvalue weighted by atomic mass is 31.2. The van der Waals surface area contributed by atoms with Crippen LogP contribution in [0.4, 0.5) is 0 Å². The van der Waals surface area contributed by atoms with Crippen LogP contribution in [0.15, 0.2) is 0 Å². The lowest BCUT2D eigenvalue weighted by atomic mass is 9.86. The van der Waals surface area contributed by atoms with E-state index in [2.05, 4.69) is 47.9 Å². The lowest BCUT2D eigenvalue weighted by Crippen LogP contribution is -2.64. The van der Waals surface area contributed by atoms with Crippen molar-refractivity contribution in [2.45, 2.75) is 307 Å². The van der Waals surface area contributed by atoms with Crippen molar-refractivity contribution in [2.75, 3.05) is 79.2 Å². The van der Waals surface area contributed by atoms with E-state index in [4.69, 9.17) is 32.9 Å². The largest absolute Gasteiger partial charge is 0.394 e. The SMILES string of the molecule is CC(=O)NC1C(OCCCCCC(=O)NCCCCC(NC(=O)CCCCCOC(OC(CO)[C@@H](C)O)[C@H](CO)NC(C)=O)C(=O)NC(CCCCNC(=O)CCCCCOC(OC(CO)[C@@H](C)O)[C@H](CO)NC(C)=O)C(=O)NCCCCCC(=O)NC(C)(C)C(C)(C)OP(C)(=O)O)OC(CO)C(O)C1O. The van der Waals surface area contributed by atoms with E-state index in [-0.39, 0.29) is 95.7 Å². The molecule has 19 N–H and O–H groups in total. The third-order valence-corrected chi connectivity index (χ3v) is 18.4. The van der Waals surface area contributed by atoms with Crippen molar-refractivity contribution >= 4 is 60.8 Å². The van der Waals surface area contributed by atoms with Crippen LogP contribution in [-0.2, 0) is 80.7 Å². The summed E-state index contributed by atoms with van der Waals surface area (Å²) in [5, 5.41) is 115. The maximum atomic E-state index is 14.4. The fraction of sp³-hybridized carbons (Fsp3) is 0.870. The van der Waals surface area contributed by atoms with Crippen molar-refractivity contribution < 1.29 is 132 Å². The summed E-state index contributed by atoms with van der Waals surface area (Å²) >= 11 is 0. The highest BCUT2D eigenvalue weighted by Crippen LogP contribution is 2.45. The molecule has 0 aromatic heterocycles. The van der Waals surface area contributed by atoms with Crippen LogP contribution < -0.4 is 47.9 Å².